The van der Waals surface area contributed by atoms with Gasteiger partial charge in [-0.25, -0.2) is 14.8 Å². The van der Waals surface area contributed by atoms with Crippen LogP contribution < -0.4 is 5.32 Å². The first-order valence-corrected chi connectivity index (χ1v) is 8.15. The monoisotopic (exact) mass is 320 g/mol. The minimum atomic E-state index is -1.09. The molecule has 0 bridgehead atoms. The summed E-state index contributed by atoms with van der Waals surface area (Å²) < 4.78 is 0. The predicted molar refractivity (Wildman–Crippen MR) is 86.3 cm³/mol. The van der Waals surface area contributed by atoms with Gasteiger partial charge in [-0.05, 0) is 25.7 Å². The SMILES string of the molecule is CCC(CC)C(=O)N1CCC(Nc2cnc(C(=O)O)cn2)CC1. The molecule has 0 unspecified atom stereocenters. The normalized spacial score (nSPS) is 15.7. The smallest absolute Gasteiger partial charge is 0.356 e. The van der Waals surface area contributed by atoms with Crippen LogP contribution in [0.4, 0.5) is 5.82 Å². The van der Waals surface area contributed by atoms with Crippen molar-refractivity contribution in [3.05, 3.63) is 18.1 Å². The van der Waals surface area contributed by atoms with Gasteiger partial charge in [-0.15, -0.1) is 0 Å². The number of piperidine rings is 1. The number of carboxylic acid groups (broad SMARTS) is 1. The lowest BCUT2D eigenvalue weighted by molar-refractivity contribution is -0.136. The highest BCUT2D eigenvalue weighted by Crippen LogP contribution is 2.19. The largest absolute Gasteiger partial charge is 0.476 e. The van der Waals surface area contributed by atoms with Crippen LogP contribution in [0.3, 0.4) is 0 Å². The first-order chi connectivity index (χ1) is 11.0. The van der Waals surface area contributed by atoms with Crippen LogP contribution in [0.15, 0.2) is 12.4 Å². The number of rotatable bonds is 6. The van der Waals surface area contributed by atoms with Gasteiger partial charge in [0.1, 0.15) is 5.82 Å². The summed E-state index contributed by atoms with van der Waals surface area (Å²) >= 11 is 0. The molecule has 0 radical (unpaired) electrons. The molecule has 0 aromatic carbocycles. The number of aromatic nitrogens is 2. The average Bonchev–Trinajstić information content (AvgIpc) is 2.57. The molecule has 1 aromatic heterocycles. The molecule has 126 valence electrons. The van der Waals surface area contributed by atoms with Gasteiger partial charge in [0, 0.05) is 25.0 Å². The van der Waals surface area contributed by atoms with Gasteiger partial charge < -0.3 is 15.3 Å². The summed E-state index contributed by atoms with van der Waals surface area (Å²) in [6.07, 6.45) is 6.17. The Bertz CT molecular complexity index is 535. The molecule has 1 aliphatic rings. The molecule has 2 heterocycles. The van der Waals surface area contributed by atoms with Crippen molar-refractivity contribution in [1.82, 2.24) is 14.9 Å². The van der Waals surface area contributed by atoms with Gasteiger partial charge in [-0.1, -0.05) is 13.8 Å². The van der Waals surface area contributed by atoms with Crippen molar-refractivity contribution in [1.29, 1.82) is 0 Å². The quantitative estimate of drug-likeness (QED) is 0.832. The van der Waals surface area contributed by atoms with Crippen molar-refractivity contribution in [2.24, 2.45) is 5.92 Å². The highest BCUT2D eigenvalue weighted by atomic mass is 16.4. The van der Waals surface area contributed by atoms with Crippen molar-refractivity contribution >= 4 is 17.7 Å². The summed E-state index contributed by atoms with van der Waals surface area (Å²) in [5, 5.41) is 12.1. The summed E-state index contributed by atoms with van der Waals surface area (Å²) in [5.74, 6) is -0.120. The number of likely N-dealkylation sites (tertiary alicyclic amines) is 1. The molecule has 0 atom stereocenters. The lowest BCUT2D eigenvalue weighted by Gasteiger charge is -2.34. The van der Waals surface area contributed by atoms with Gasteiger partial charge in [-0.2, -0.15) is 0 Å². The summed E-state index contributed by atoms with van der Waals surface area (Å²) in [4.78, 5) is 33.0. The lowest BCUT2D eigenvalue weighted by atomic mass is 9.98. The Kier molecular flexibility index (Phi) is 5.90. The van der Waals surface area contributed by atoms with E-state index >= 15 is 0 Å². The number of nitrogens with zero attached hydrogens (tertiary/aromatic N) is 3. The topological polar surface area (TPSA) is 95.4 Å². The second-order valence-electron chi connectivity index (χ2n) is 5.85. The van der Waals surface area contributed by atoms with E-state index in [9.17, 15) is 9.59 Å². The number of aromatic carboxylic acids is 1. The molecule has 7 nitrogen and oxygen atoms in total. The second kappa shape index (κ2) is 7.89. The lowest BCUT2D eigenvalue weighted by Crippen LogP contribution is -2.44. The van der Waals surface area contributed by atoms with Crippen LogP contribution in [0.1, 0.15) is 50.0 Å². The Labute approximate surface area is 136 Å². The Morgan fingerprint density at radius 2 is 1.91 bits per heavy atom. The summed E-state index contributed by atoms with van der Waals surface area (Å²) in [5.41, 5.74) is -0.0684. The van der Waals surface area contributed by atoms with E-state index in [1.165, 1.54) is 12.4 Å². The van der Waals surface area contributed by atoms with Crippen molar-refractivity contribution in [2.75, 3.05) is 18.4 Å². The molecule has 0 saturated carbocycles. The molecule has 2 rings (SSSR count). The van der Waals surface area contributed by atoms with Crippen molar-refractivity contribution in [3.8, 4) is 0 Å². The minimum absolute atomic E-state index is 0.0684. The Hall–Kier alpha value is -2.18. The van der Waals surface area contributed by atoms with E-state index in [-0.39, 0.29) is 23.6 Å². The first-order valence-electron chi connectivity index (χ1n) is 8.15. The maximum absolute atomic E-state index is 12.4. The van der Waals surface area contributed by atoms with Gasteiger partial charge in [0.05, 0.1) is 12.4 Å². The number of anilines is 1. The first kappa shape index (κ1) is 17.2. The number of carbonyl (C=O) groups excluding carboxylic acids is 1. The zero-order chi connectivity index (χ0) is 16.8. The Morgan fingerprint density at radius 3 is 2.39 bits per heavy atom. The third-order valence-corrected chi connectivity index (χ3v) is 4.36. The van der Waals surface area contributed by atoms with Gasteiger partial charge in [0.15, 0.2) is 5.69 Å². The van der Waals surface area contributed by atoms with E-state index in [4.69, 9.17) is 5.11 Å². The molecule has 1 saturated heterocycles. The molecule has 0 aliphatic carbocycles. The summed E-state index contributed by atoms with van der Waals surface area (Å²) in [6.45, 7) is 5.60. The molecule has 1 aromatic rings. The number of hydrogen-bond donors (Lipinski definition) is 2. The van der Waals surface area contributed by atoms with E-state index in [0.29, 0.717) is 5.82 Å². The Morgan fingerprint density at radius 1 is 1.26 bits per heavy atom. The summed E-state index contributed by atoms with van der Waals surface area (Å²) in [6, 6.07) is 0.228. The number of amides is 1. The van der Waals surface area contributed by atoms with E-state index in [2.05, 4.69) is 29.1 Å². The molecule has 23 heavy (non-hydrogen) atoms. The fraction of sp³-hybridized carbons (Fsp3) is 0.625. The van der Waals surface area contributed by atoms with Crippen LogP contribution in [0.25, 0.3) is 0 Å². The molecule has 2 N–H and O–H groups in total. The predicted octanol–water partition coefficient (Wildman–Crippen LogP) is 2.01. The molecule has 1 amide bonds. The second-order valence-corrected chi connectivity index (χ2v) is 5.85. The number of carbonyl (C=O) groups is 2. The van der Waals surface area contributed by atoms with Crippen LogP contribution in [-0.4, -0.2) is 51.0 Å². The zero-order valence-electron chi connectivity index (χ0n) is 13.7. The van der Waals surface area contributed by atoms with E-state index < -0.39 is 5.97 Å². The van der Waals surface area contributed by atoms with E-state index in [1.54, 1.807) is 0 Å². The fourth-order valence-corrected chi connectivity index (χ4v) is 2.86. The van der Waals surface area contributed by atoms with Crippen LogP contribution in [0, 0.1) is 5.92 Å². The van der Waals surface area contributed by atoms with E-state index in [1.807, 2.05) is 4.90 Å². The van der Waals surface area contributed by atoms with Crippen molar-refractivity contribution < 1.29 is 14.7 Å². The number of hydrogen-bond acceptors (Lipinski definition) is 5. The minimum Gasteiger partial charge on any atom is -0.476 e. The average molecular weight is 320 g/mol. The van der Waals surface area contributed by atoms with Crippen molar-refractivity contribution in [3.63, 3.8) is 0 Å². The Balaban J connectivity index is 1.85. The third kappa shape index (κ3) is 4.40. The summed E-state index contributed by atoms with van der Waals surface area (Å²) in [7, 11) is 0. The molecular weight excluding hydrogens is 296 g/mol. The molecule has 1 aliphatic heterocycles. The maximum atomic E-state index is 12.4. The molecule has 1 fully saturated rings. The van der Waals surface area contributed by atoms with Gasteiger partial charge in [-0.3, -0.25) is 4.79 Å². The number of nitrogens with one attached hydrogen (secondary N) is 1. The van der Waals surface area contributed by atoms with Gasteiger partial charge in [0.25, 0.3) is 0 Å². The van der Waals surface area contributed by atoms with Crippen LogP contribution in [0.2, 0.25) is 0 Å². The standard InChI is InChI=1S/C16H24N4O3/c1-3-11(4-2)15(21)20-7-5-12(6-8-20)19-14-10-17-13(9-18-14)16(22)23/h9-12H,3-8H2,1-2H3,(H,18,19)(H,22,23). The van der Waals surface area contributed by atoms with Crippen LogP contribution in [0.5, 0.6) is 0 Å². The van der Waals surface area contributed by atoms with Gasteiger partial charge in [0.2, 0.25) is 5.91 Å². The molecular formula is C16H24N4O3. The molecule has 0 spiro atoms. The van der Waals surface area contributed by atoms with E-state index in [0.717, 1.165) is 38.8 Å². The molecule has 7 heteroatoms. The third-order valence-electron chi connectivity index (χ3n) is 4.36. The maximum Gasteiger partial charge on any atom is 0.356 e. The zero-order valence-corrected chi connectivity index (χ0v) is 13.7. The van der Waals surface area contributed by atoms with Crippen molar-refractivity contribution in [2.45, 2.75) is 45.6 Å². The fourth-order valence-electron chi connectivity index (χ4n) is 2.86. The van der Waals surface area contributed by atoms with Gasteiger partial charge >= 0.3 is 5.97 Å². The number of carboxylic acids is 1. The highest BCUT2D eigenvalue weighted by molar-refractivity contribution is 5.84. The highest BCUT2D eigenvalue weighted by Gasteiger charge is 2.26. The van der Waals surface area contributed by atoms with Crippen LogP contribution in [-0.2, 0) is 4.79 Å². The van der Waals surface area contributed by atoms with Crippen LogP contribution >= 0.6 is 0 Å².